The molecule has 6 heteroatoms. The smallest absolute Gasteiger partial charge is 0.119 e. The second-order valence-corrected chi connectivity index (χ2v) is 7.98. The van der Waals surface area contributed by atoms with Crippen molar-refractivity contribution in [2.24, 2.45) is 7.05 Å². The molecule has 0 bridgehead atoms. The monoisotopic (exact) mass is 384 g/mol. The number of likely N-dealkylation sites (tertiary alicyclic amines) is 1. The van der Waals surface area contributed by atoms with Crippen molar-refractivity contribution in [1.29, 1.82) is 0 Å². The molecule has 0 saturated carbocycles. The van der Waals surface area contributed by atoms with E-state index in [1.165, 1.54) is 43.5 Å². The van der Waals surface area contributed by atoms with Gasteiger partial charge in [0.25, 0.3) is 0 Å². The summed E-state index contributed by atoms with van der Waals surface area (Å²) in [5, 5.41) is 4.44. The average Bonchev–Trinajstić information content (AvgIpc) is 3.15. The van der Waals surface area contributed by atoms with Gasteiger partial charge in [-0.1, -0.05) is 18.6 Å². The highest BCUT2D eigenvalue weighted by molar-refractivity contribution is 5.28. The van der Waals surface area contributed by atoms with Crippen LogP contribution in [0, 0.1) is 0 Å². The maximum Gasteiger partial charge on any atom is 0.119 e. The van der Waals surface area contributed by atoms with E-state index in [0.717, 1.165) is 32.0 Å². The summed E-state index contributed by atoms with van der Waals surface area (Å²) in [7, 11) is 3.71. The Balaban J connectivity index is 1.56. The van der Waals surface area contributed by atoms with E-state index in [4.69, 9.17) is 9.47 Å². The molecule has 0 N–H and O–H groups in total. The molecule has 28 heavy (non-hydrogen) atoms. The molecule has 2 aliphatic rings. The first-order valence-electron chi connectivity index (χ1n) is 10.4. The molecule has 0 amide bonds. The van der Waals surface area contributed by atoms with E-state index in [1.54, 1.807) is 7.11 Å². The van der Waals surface area contributed by atoms with E-state index in [9.17, 15) is 0 Å². The Morgan fingerprint density at radius 1 is 1.18 bits per heavy atom. The first-order valence-corrected chi connectivity index (χ1v) is 10.4. The van der Waals surface area contributed by atoms with Crippen LogP contribution >= 0.6 is 0 Å². The predicted molar refractivity (Wildman–Crippen MR) is 109 cm³/mol. The first kappa shape index (κ1) is 19.4. The lowest BCUT2D eigenvalue weighted by molar-refractivity contribution is -0.0890. The van der Waals surface area contributed by atoms with Gasteiger partial charge < -0.3 is 14.4 Å². The van der Waals surface area contributed by atoms with Crippen LogP contribution in [0.5, 0.6) is 5.75 Å². The minimum absolute atomic E-state index is 0.168. The van der Waals surface area contributed by atoms with Gasteiger partial charge in [-0.15, -0.1) is 0 Å². The van der Waals surface area contributed by atoms with Crippen molar-refractivity contribution in [1.82, 2.24) is 19.6 Å². The average molecular weight is 385 g/mol. The molecule has 152 valence electrons. The van der Waals surface area contributed by atoms with E-state index in [-0.39, 0.29) is 12.1 Å². The molecule has 0 aliphatic carbocycles. The van der Waals surface area contributed by atoms with Crippen LogP contribution in [-0.2, 0) is 18.3 Å². The molecule has 0 radical (unpaired) electrons. The normalized spacial score (nSPS) is 24.4. The second kappa shape index (κ2) is 9.07. The molecule has 1 aromatic carbocycles. The Kier molecular flexibility index (Phi) is 6.29. The topological polar surface area (TPSA) is 42.8 Å². The molecule has 2 fully saturated rings. The van der Waals surface area contributed by atoms with Crippen LogP contribution in [0.2, 0.25) is 0 Å². The lowest BCUT2D eigenvalue weighted by Gasteiger charge is -2.43. The lowest BCUT2D eigenvalue weighted by Crippen LogP contribution is -2.50. The lowest BCUT2D eigenvalue weighted by atomic mass is 9.98. The van der Waals surface area contributed by atoms with E-state index in [2.05, 4.69) is 39.3 Å². The summed E-state index contributed by atoms with van der Waals surface area (Å²) in [5.74, 6) is 0.911. The van der Waals surface area contributed by atoms with Gasteiger partial charge in [0, 0.05) is 38.4 Å². The highest BCUT2D eigenvalue weighted by Crippen LogP contribution is 2.32. The first-order chi connectivity index (χ1) is 13.7. The highest BCUT2D eigenvalue weighted by atomic mass is 16.5. The zero-order valence-corrected chi connectivity index (χ0v) is 17.1. The van der Waals surface area contributed by atoms with Gasteiger partial charge >= 0.3 is 0 Å². The summed E-state index contributed by atoms with van der Waals surface area (Å²) in [6.07, 6.45) is 8.27. The summed E-state index contributed by atoms with van der Waals surface area (Å²) >= 11 is 0. The highest BCUT2D eigenvalue weighted by Gasteiger charge is 2.35. The summed E-state index contributed by atoms with van der Waals surface area (Å²) in [4.78, 5) is 5.12. The van der Waals surface area contributed by atoms with Crippen LogP contribution < -0.4 is 4.74 Å². The number of ether oxygens (including phenoxy) is 2. The van der Waals surface area contributed by atoms with Gasteiger partial charge in [-0.2, -0.15) is 5.10 Å². The number of aromatic nitrogens is 2. The van der Waals surface area contributed by atoms with Crippen molar-refractivity contribution in [2.75, 3.05) is 39.9 Å². The third kappa shape index (κ3) is 4.57. The van der Waals surface area contributed by atoms with Crippen molar-refractivity contribution in [3.63, 3.8) is 0 Å². The van der Waals surface area contributed by atoms with E-state index in [1.807, 2.05) is 24.0 Å². The minimum atomic E-state index is 0.168. The van der Waals surface area contributed by atoms with Crippen molar-refractivity contribution in [3.05, 3.63) is 47.8 Å². The number of rotatable bonds is 6. The Hall–Kier alpha value is -1.89. The molecular formula is C22H32N4O2. The number of morpholine rings is 1. The summed E-state index contributed by atoms with van der Waals surface area (Å²) in [5.41, 5.74) is 2.51. The summed E-state index contributed by atoms with van der Waals surface area (Å²) in [6, 6.07) is 8.60. The molecule has 2 aromatic rings. The predicted octanol–water partition coefficient (Wildman–Crippen LogP) is 2.86. The molecule has 1 aromatic heterocycles. The molecule has 4 rings (SSSR count). The molecule has 0 unspecified atom stereocenters. The summed E-state index contributed by atoms with van der Waals surface area (Å²) < 4.78 is 13.6. The van der Waals surface area contributed by atoms with Crippen LogP contribution in [-0.4, -0.2) is 65.6 Å². The Labute approximate surface area is 168 Å². The standard InChI is InChI=1S/C22H32N4O2/c1-24-16-19(14-23-24)22-21(17-25-9-4-3-5-10-25)28-12-11-26(22)15-18-7-6-8-20(13-18)27-2/h6-8,13-14,16,21-22H,3-5,9-12,15,17H2,1-2H3/t21-,22-/m0/s1. The Morgan fingerprint density at radius 2 is 2.04 bits per heavy atom. The van der Waals surface area contributed by atoms with E-state index >= 15 is 0 Å². The van der Waals surface area contributed by atoms with Crippen molar-refractivity contribution >= 4 is 0 Å². The van der Waals surface area contributed by atoms with Crippen LogP contribution in [0.15, 0.2) is 36.7 Å². The van der Waals surface area contributed by atoms with Crippen molar-refractivity contribution < 1.29 is 9.47 Å². The molecule has 6 nitrogen and oxygen atoms in total. The van der Waals surface area contributed by atoms with Crippen LogP contribution in [0.3, 0.4) is 0 Å². The third-order valence-corrected chi connectivity index (χ3v) is 5.93. The maximum atomic E-state index is 6.32. The van der Waals surface area contributed by atoms with E-state index < -0.39 is 0 Å². The van der Waals surface area contributed by atoms with Crippen LogP contribution in [0.1, 0.15) is 36.4 Å². The van der Waals surface area contributed by atoms with Crippen molar-refractivity contribution in [3.8, 4) is 5.75 Å². The fourth-order valence-electron chi connectivity index (χ4n) is 4.54. The Bertz CT molecular complexity index is 756. The number of aryl methyl sites for hydroxylation is 1. The van der Waals surface area contributed by atoms with Gasteiger partial charge in [-0.05, 0) is 43.6 Å². The number of hydrogen-bond acceptors (Lipinski definition) is 5. The molecular weight excluding hydrogens is 352 g/mol. The van der Waals surface area contributed by atoms with Crippen LogP contribution in [0.25, 0.3) is 0 Å². The largest absolute Gasteiger partial charge is 0.497 e. The number of nitrogens with zero attached hydrogens (tertiary/aromatic N) is 4. The third-order valence-electron chi connectivity index (χ3n) is 5.93. The van der Waals surface area contributed by atoms with Gasteiger partial charge in [0.1, 0.15) is 5.75 Å². The van der Waals surface area contributed by atoms with Gasteiger partial charge in [-0.25, -0.2) is 0 Å². The number of piperidine rings is 1. The zero-order valence-electron chi connectivity index (χ0n) is 17.1. The molecule has 2 aliphatic heterocycles. The molecule has 2 atom stereocenters. The fourth-order valence-corrected chi connectivity index (χ4v) is 4.54. The van der Waals surface area contributed by atoms with Crippen LogP contribution in [0.4, 0.5) is 0 Å². The molecule has 0 spiro atoms. The molecule has 3 heterocycles. The molecule has 2 saturated heterocycles. The van der Waals surface area contributed by atoms with Crippen molar-refractivity contribution in [2.45, 2.75) is 38.0 Å². The van der Waals surface area contributed by atoms with Gasteiger partial charge in [0.05, 0.1) is 32.1 Å². The number of hydrogen-bond donors (Lipinski definition) is 0. The number of benzene rings is 1. The quantitative estimate of drug-likeness (QED) is 0.766. The maximum absolute atomic E-state index is 6.32. The fraction of sp³-hybridized carbons (Fsp3) is 0.591. The Morgan fingerprint density at radius 3 is 2.79 bits per heavy atom. The second-order valence-electron chi connectivity index (χ2n) is 7.98. The SMILES string of the molecule is COc1cccc(CN2CCO[C@@H](CN3CCCCC3)[C@@H]2c2cnn(C)c2)c1. The number of methoxy groups -OCH3 is 1. The van der Waals surface area contributed by atoms with Gasteiger partial charge in [0.15, 0.2) is 0 Å². The van der Waals surface area contributed by atoms with E-state index in [0.29, 0.717) is 0 Å². The minimum Gasteiger partial charge on any atom is -0.497 e. The summed E-state index contributed by atoms with van der Waals surface area (Å²) in [6.45, 7) is 5.96. The van der Waals surface area contributed by atoms with Gasteiger partial charge in [0.2, 0.25) is 0 Å². The zero-order chi connectivity index (χ0) is 19.3. The van der Waals surface area contributed by atoms with Gasteiger partial charge in [-0.3, -0.25) is 9.58 Å².